The summed E-state index contributed by atoms with van der Waals surface area (Å²) in [6, 6.07) is 25.9. The highest BCUT2D eigenvalue weighted by Crippen LogP contribution is 2.28. The summed E-state index contributed by atoms with van der Waals surface area (Å²) >= 11 is 4.94. The summed E-state index contributed by atoms with van der Waals surface area (Å²) in [4.78, 5) is 17.5. The zero-order valence-electron chi connectivity index (χ0n) is 15.9. The molecule has 0 amide bonds. The van der Waals surface area contributed by atoms with Crippen molar-refractivity contribution in [1.82, 2.24) is 9.55 Å². The molecule has 0 spiro atoms. The third-order valence-corrected chi connectivity index (χ3v) is 6.04. The number of carbonyl (C=O) groups is 1. The Morgan fingerprint density at radius 2 is 1.66 bits per heavy atom. The number of imidazole rings is 1. The van der Waals surface area contributed by atoms with E-state index in [2.05, 4.69) is 15.9 Å². The molecule has 4 rings (SSSR count). The van der Waals surface area contributed by atoms with Crippen molar-refractivity contribution in [3.05, 3.63) is 101 Å². The third kappa shape index (κ3) is 4.69. The number of benzene rings is 3. The van der Waals surface area contributed by atoms with Crippen molar-refractivity contribution in [2.45, 2.75) is 12.1 Å². The molecule has 0 N–H and O–H groups in total. The Hall–Kier alpha value is -2.63. The molecule has 144 valence electrons. The fourth-order valence-corrected chi connectivity index (χ4v) is 4.10. The van der Waals surface area contributed by atoms with Crippen molar-refractivity contribution in [3.8, 4) is 16.9 Å². The first-order chi connectivity index (χ1) is 14.1. The molecule has 0 saturated heterocycles. The predicted molar refractivity (Wildman–Crippen MR) is 123 cm³/mol. The van der Waals surface area contributed by atoms with E-state index in [4.69, 9.17) is 4.98 Å². The first-order valence-corrected chi connectivity index (χ1v) is 11.0. The van der Waals surface area contributed by atoms with E-state index in [9.17, 15) is 4.79 Å². The maximum atomic E-state index is 12.6. The van der Waals surface area contributed by atoms with Crippen LogP contribution in [-0.4, -0.2) is 21.1 Å². The van der Waals surface area contributed by atoms with Crippen molar-refractivity contribution in [3.63, 3.8) is 0 Å². The zero-order valence-corrected chi connectivity index (χ0v) is 18.3. The van der Waals surface area contributed by atoms with Crippen molar-refractivity contribution < 1.29 is 4.79 Å². The van der Waals surface area contributed by atoms with Crippen LogP contribution in [0.15, 0.2) is 94.7 Å². The highest BCUT2D eigenvalue weighted by Gasteiger charge is 2.14. The number of ketones is 1. The summed E-state index contributed by atoms with van der Waals surface area (Å²) in [5, 5.41) is 0.798. The van der Waals surface area contributed by atoms with Crippen LogP contribution in [0.3, 0.4) is 0 Å². The lowest BCUT2D eigenvalue weighted by atomic mass is 10.1. The number of halogens is 1. The number of aryl methyl sites for hydroxylation is 1. The number of Topliss-reactive ketones (excluding diaryl/α,β-unsaturated/α-hetero) is 1. The molecule has 0 unspecified atom stereocenters. The van der Waals surface area contributed by atoms with Crippen molar-refractivity contribution >= 4 is 33.5 Å². The van der Waals surface area contributed by atoms with Crippen LogP contribution in [0.4, 0.5) is 0 Å². The quantitative estimate of drug-likeness (QED) is 0.239. The average Bonchev–Trinajstić information content (AvgIpc) is 3.18. The van der Waals surface area contributed by atoms with Crippen molar-refractivity contribution in [2.24, 2.45) is 0 Å². The van der Waals surface area contributed by atoms with Crippen molar-refractivity contribution in [1.29, 1.82) is 0 Å². The Bertz CT molecular complexity index is 1120. The van der Waals surface area contributed by atoms with Gasteiger partial charge in [-0.1, -0.05) is 87.9 Å². The van der Waals surface area contributed by atoms with Gasteiger partial charge in [-0.05, 0) is 31.2 Å². The highest BCUT2D eigenvalue weighted by molar-refractivity contribution is 9.10. The number of nitrogens with zero attached hydrogens (tertiary/aromatic N) is 2. The van der Waals surface area contributed by atoms with Gasteiger partial charge in [0.05, 0.1) is 11.4 Å². The normalized spacial score (nSPS) is 10.8. The van der Waals surface area contributed by atoms with Crippen LogP contribution in [0, 0.1) is 6.92 Å². The van der Waals surface area contributed by atoms with E-state index in [1.54, 1.807) is 0 Å². The van der Waals surface area contributed by atoms with Gasteiger partial charge in [-0.3, -0.25) is 9.36 Å². The van der Waals surface area contributed by atoms with E-state index in [0.29, 0.717) is 5.75 Å². The standard InChI is InChI=1S/C24H19BrN2OS/c1-17-7-9-19(10-8-17)23(28)16-29-24-26-22(18-5-3-2-4-6-18)15-27(24)21-13-11-20(25)12-14-21/h2-15H,16H2,1H3. The van der Waals surface area contributed by atoms with E-state index in [1.807, 2.05) is 96.6 Å². The van der Waals surface area contributed by atoms with Crippen LogP contribution in [0.5, 0.6) is 0 Å². The van der Waals surface area contributed by atoms with E-state index in [-0.39, 0.29) is 5.78 Å². The van der Waals surface area contributed by atoms with Gasteiger partial charge in [0.1, 0.15) is 0 Å². The van der Waals surface area contributed by atoms with Crippen molar-refractivity contribution in [2.75, 3.05) is 5.75 Å². The number of thioether (sulfide) groups is 1. The molecule has 4 aromatic rings. The monoisotopic (exact) mass is 462 g/mol. The highest BCUT2D eigenvalue weighted by atomic mass is 79.9. The molecule has 0 aliphatic heterocycles. The smallest absolute Gasteiger partial charge is 0.173 e. The molecule has 3 aromatic carbocycles. The molecule has 0 radical (unpaired) electrons. The molecule has 0 saturated carbocycles. The number of aromatic nitrogens is 2. The molecular formula is C24H19BrN2OS. The van der Waals surface area contributed by atoms with E-state index in [0.717, 1.165) is 37.7 Å². The minimum absolute atomic E-state index is 0.0987. The molecule has 0 bridgehead atoms. The number of hydrogen-bond acceptors (Lipinski definition) is 3. The maximum absolute atomic E-state index is 12.6. The zero-order chi connectivity index (χ0) is 20.2. The first kappa shape index (κ1) is 19.7. The van der Waals surface area contributed by atoms with Gasteiger partial charge in [-0.15, -0.1) is 0 Å². The summed E-state index contributed by atoms with van der Waals surface area (Å²) in [5.74, 6) is 0.437. The molecule has 1 heterocycles. The van der Waals surface area contributed by atoms with Crippen LogP contribution in [0.1, 0.15) is 15.9 Å². The molecule has 29 heavy (non-hydrogen) atoms. The Morgan fingerprint density at radius 3 is 2.34 bits per heavy atom. The van der Waals surface area contributed by atoms with E-state index in [1.165, 1.54) is 11.8 Å². The Kier molecular flexibility index (Phi) is 5.97. The number of hydrogen-bond donors (Lipinski definition) is 0. The van der Waals surface area contributed by atoms with Gasteiger partial charge < -0.3 is 0 Å². The summed E-state index contributed by atoms with van der Waals surface area (Å²) in [6.07, 6.45) is 2.03. The van der Waals surface area contributed by atoms with Crippen LogP contribution in [-0.2, 0) is 0 Å². The minimum Gasteiger partial charge on any atom is -0.294 e. The van der Waals surface area contributed by atoms with Crippen LogP contribution >= 0.6 is 27.7 Å². The Morgan fingerprint density at radius 1 is 0.966 bits per heavy atom. The second kappa shape index (κ2) is 8.80. The fraction of sp³-hybridized carbons (Fsp3) is 0.0833. The molecular weight excluding hydrogens is 444 g/mol. The van der Waals surface area contributed by atoms with Gasteiger partial charge in [0.15, 0.2) is 10.9 Å². The van der Waals surface area contributed by atoms with Crippen LogP contribution in [0.25, 0.3) is 16.9 Å². The first-order valence-electron chi connectivity index (χ1n) is 9.23. The molecule has 0 atom stereocenters. The summed E-state index contributed by atoms with van der Waals surface area (Å²) < 4.78 is 3.07. The number of rotatable bonds is 6. The molecule has 0 aliphatic rings. The van der Waals surface area contributed by atoms with Gasteiger partial charge in [0.2, 0.25) is 0 Å². The summed E-state index contributed by atoms with van der Waals surface area (Å²) in [7, 11) is 0. The molecule has 3 nitrogen and oxygen atoms in total. The van der Waals surface area contributed by atoms with Gasteiger partial charge in [-0.2, -0.15) is 0 Å². The van der Waals surface area contributed by atoms with E-state index < -0.39 is 0 Å². The summed E-state index contributed by atoms with van der Waals surface area (Å²) in [5.41, 5.74) is 4.82. The maximum Gasteiger partial charge on any atom is 0.173 e. The van der Waals surface area contributed by atoms with Gasteiger partial charge in [0, 0.05) is 27.5 Å². The molecule has 1 aromatic heterocycles. The molecule has 0 fully saturated rings. The lowest BCUT2D eigenvalue weighted by Crippen LogP contribution is -2.04. The molecule has 0 aliphatic carbocycles. The topological polar surface area (TPSA) is 34.9 Å². The Labute approximate surface area is 182 Å². The van der Waals surface area contributed by atoms with Crippen LogP contribution < -0.4 is 0 Å². The lowest BCUT2D eigenvalue weighted by molar-refractivity contribution is 0.102. The fourth-order valence-electron chi connectivity index (χ4n) is 2.95. The second-order valence-electron chi connectivity index (χ2n) is 6.70. The largest absolute Gasteiger partial charge is 0.294 e. The molecule has 5 heteroatoms. The SMILES string of the molecule is Cc1ccc(C(=O)CSc2nc(-c3ccccc3)cn2-c2ccc(Br)cc2)cc1. The van der Waals surface area contributed by atoms with Gasteiger partial charge in [-0.25, -0.2) is 4.98 Å². The van der Waals surface area contributed by atoms with Crippen LogP contribution in [0.2, 0.25) is 0 Å². The lowest BCUT2D eigenvalue weighted by Gasteiger charge is -2.07. The number of carbonyl (C=O) groups excluding carboxylic acids is 1. The van der Waals surface area contributed by atoms with E-state index >= 15 is 0 Å². The Balaban J connectivity index is 1.63. The summed E-state index contributed by atoms with van der Waals surface area (Å²) in [6.45, 7) is 2.02. The minimum atomic E-state index is 0.0987. The predicted octanol–water partition coefficient (Wildman–Crippen LogP) is 6.59. The average molecular weight is 463 g/mol. The second-order valence-corrected chi connectivity index (χ2v) is 8.56. The van der Waals surface area contributed by atoms with Gasteiger partial charge in [0.25, 0.3) is 0 Å². The van der Waals surface area contributed by atoms with Gasteiger partial charge >= 0.3 is 0 Å². The third-order valence-electron chi connectivity index (χ3n) is 4.55.